The first-order valence-corrected chi connectivity index (χ1v) is 7.06. The topological polar surface area (TPSA) is 29.3 Å². The summed E-state index contributed by atoms with van der Waals surface area (Å²) < 4.78 is 1.20. The van der Waals surface area contributed by atoms with Crippen molar-refractivity contribution in [2.24, 2.45) is 11.7 Å². The molecule has 0 radical (unpaired) electrons. The molecule has 1 aromatic rings. The fraction of sp³-hybridized carbons (Fsp3) is 0.636. The molecule has 2 unspecified atom stereocenters. The van der Waals surface area contributed by atoms with Crippen LogP contribution in [0.1, 0.15) is 24.3 Å². The standard InChI is InChI=1S/C11H17BrN2S/c1-8(11-4-10(12)7-15-11)14-3-2-9(5-13)6-14/h4,7-9H,2-3,5-6,13H2,1H3. The van der Waals surface area contributed by atoms with Crippen molar-refractivity contribution in [1.82, 2.24) is 4.90 Å². The van der Waals surface area contributed by atoms with E-state index in [0.717, 1.165) is 13.1 Å². The Morgan fingerprint density at radius 2 is 2.53 bits per heavy atom. The van der Waals surface area contributed by atoms with Crippen molar-refractivity contribution in [1.29, 1.82) is 0 Å². The highest BCUT2D eigenvalue weighted by molar-refractivity contribution is 9.10. The molecule has 2 atom stereocenters. The number of nitrogens with two attached hydrogens (primary N) is 1. The van der Waals surface area contributed by atoms with Crippen LogP contribution in [0.3, 0.4) is 0 Å². The maximum Gasteiger partial charge on any atom is 0.0413 e. The number of hydrogen-bond donors (Lipinski definition) is 1. The summed E-state index contributed by atoms with van der Waals surface area (Å²) in [4.78, 5) is 3.98. The summed E-state index contributed by atoms with van der Waals surface area (Å²) in [7, 11) is 0. The van der Waals surface area contributed by atoms with Gasteiger partial charge in [-0.2, -0.15) is 0 Å². The van der Waals surface area contributed by atoms with E-state index < -0.39 is 0 Å². The predicted molar refractivity (Wildman–Crippen MR) is 69.2 cm³/mol. The van der Waals surface area contributed by atoms with Gasteiger partial charge in [0.2, 0.25) is 0 Å². The second kappa shape index (κ2) is 4.95. The molecule has 84 valence electrons. The van der Waals surface area contributed by atoms with Crippen molar-refractivity contribution in [3.8, 4) is 0 Å². The van der Waals surface area contributed by atoms with Gasteiger partial charge in [-0.05, 0) is 54.3 Å². The van der Waals surface area contributed by atoms with E-state index >= 15 is 0 Å². The normalized spacial score (nSPS) is 24.6. The van der Waals surface area contributed by atoms with E-state index in [-0.39, 0.29) is 0 Å². The van der Waals surface area contributed by atoms with E-state index in [9.17, 15) is 0 Å². The zero-order chi connectivity index (χ0) is 10.8. The summed E-state index contributed by atoms with van der Waals surface area (Å²) in [5.74, 6) is 0.704. The lowest BCUT2D eigenvalue weighted by atomic mass is 10.1. The van der Waals surface area contributed by atoms with Crippen molar-refractivity contribution < 1.29 is 0 Å². The van der Waals surface area contributed by atoms with Gasteiger partial charge in [0.05, 0.1) is 0 Å². The quantitative estimate of drug-likeness (QED) is 0.927. The SMILES string of the molecule is CC(c1cc(Br)cs1)N1CCC(CN)C1. The van der Waals surface area contributed by atoms with Crippen LogP contribution in [0.2, 0.25) is 0 Å². The lowest BCUT2D eigenvalue weighted by molar-refractivity contribution is 0.257. The second-order valence-electron chi connectivity index (χ2n) is 4.23. The Morgan fingerprint density at radius 3 is 3.07 bits per heavy atom. The van der Waals surface area contributed by atoms with Crippen molar-refractivity contribution >= 4 is 27.3 Å². The number of thiophene rings is 1. The molecule has 1 aromatic heterocycles. The van der Waals surface area contributed by atoms with E-state index in [2.05, 4.69) is 39.2 Å². The minimum atomic E-state index is 0.540. The van der Waals surface area contributed by atoms with E-state index in [4.69, 9.17) is 5.73 Å². The molecule has 15 heavy (non-hydrogen) atoms. The average molecular weight is 289 g/mol. The molecular weight excluding hydrogens is 272 g/mol. The van der Waals surface area contributed by atoms with Crippen LogP contribution in [0.25, 0.3) is 0 Å². The van der Waals surface area contributed by atoms with Gasteiger partial charge in [-0.15, -0.1) is 11.3 Å². The summed E-state index contributed by atoms with van der Waals surface area (Å²) in [6.07, 6.45) is 1.26. The molecule has 0 spiro atoms. The number of rotatable bonds is 3. The third kappa shape index (κ3) is 2.61. The summed E-state index contributed by atoms with van der Waals surface area (Å²) >= 11 is 5.34. The smallest absolute Gasteiger partial charge is 0.0413 e. The van der Waals surface area contributed by atoms with Gasteiger partial charge in [0.15, 0.2) is 0 Å². The Bertz CT molecular complexity index is 326. The molecule has 2 heterocycles. The minimum absolute atomic E-state index is 0.540. The molecule has 0 bridgehead atoms. The zero-order valence-electron chi connectivity index (χ0n) is 8.95. The van der Waals surface area contributed by atoms with Crippen molar-refractivity contribution in [2.45, 2.75) is 19.4 Å². The maximum atomic E-state index is 5.71. The number of likely N-dealkylation sites (tertiary alicyclic amines) is 1. The van der Waals surface area contributed by atoms with Crippen molar-refractivity contribution in [3.05, 3.63) is 20.8 Å². The van der Waals surface area contributed by atoms with E-state index in [1.54, 1.807) is 0 Å². The predicted octanol–water partition coefficient (Wildman–Crippen LogP) is 2.85. The molecule has 1 fully saturated rings. The van der Waals surface area contributed by atoms with E-state index in [1.165, 1.54) is 22.3 Å². The Kier molecular flexibility index (Phi) is 3.83. The Hall–Kier alpha value is 0.1000. The fourth-order valence-corrected chi connectivity index (χ4v) is 3.67. The average Bonchev–Trinajstić information content (AvgIpc) is 2.84. The van der Waals surface area contributed by atoms with Crippen LogP contribution >= 0.6 is 27.3 Å². The molecule has 0 saturated carbocycles. The maximum absolute atomic E-state index is 5.71. The zero-order valence-corrected chi connectivity index (χ0v) is 11.4. The third-order valence-electron chi connectivity index (χ3n) is 3.20. The monoisotopic (exact) mass is 288 g/mol. The summed E-state index contributed by atoms with van der Waals surface area (Å²) in [5, 5.41) is 2.16. The van der Waals surface area contributed by atoms with Crippen molar-refractivity contribution in [3.63, 3.8) is 0 Å². The summed E-state index contributed by atoms with van der Waals surface area (Å²) in [6.45, 7) is 5.47. The van der Waals surface area contributed by atoms with Gasteiger partial charge in [-0.25, -0.2) is 0 Å². The first-order chi connectivity index (χ1) is 7.20. The molecule has 0 aliphatic carbocycles. The molecule has 0 aromatic carbocycles. The first-order valence-electron chi connectivity index (χ1n) is 5.38. The highest BCUT2D eigenvalue weighted by Crippen LogP contribution is 2.32. The van der Waals surface area contributed by atoms with Crippen LogP contribution in [0, 0.1) is 5.92 Å². The number of halogens is 1. The number of nitrogens with zero attached hydrogens (tertiary/aromatic N) is 1. The second-order valence-corrected chi connectivity index (χ2v) is 6.09. The van der Waals surface area contributed by atoms with Gasteiger partial charge in [0, 0.05) is 27.3 Å². The van der Waals surface area contributed by atoms with Crippen LogP contribution in [0.4, 0.5) is 0 Å². The highest BCUT2D eigenvalue weighted by atomic mass is 79.9. The first kappa shape index (κ1) is 11.6. The largest absolute Gasteiger partial charge is 0.330 e. The van der Waals surface area contributed by atoms with Crippen LogP contribution in [-0.4, -0.2) is 24.5 Å². The molecule has 0 amide bonds. The van der Waals surface area contributed by atoms with Gasteiger partial charge in [-0.3, -0.25) is 4.90 Å². The van der Waals surface area contributed by atoms with Crippen LogP contribution < -0.4 is 5.73 Å². The summed E-state index contributed by atoms with van der Waals surface area (Å²) in [5.41, 5.74) is 5.71. The van der Waals surface area contributed by atoms with Crippen molar-refractivity contribution in [2.75, 3.05) is 19.6 Å². The lowest BCUT2D eigenvalue weighted by Gasteiger charge is -2.23. The van der Waals surface area contributed by atoms with Crippen LogP contribution in [-0.2, 0) is 0 Å². The van der Waals surface area contributed by atoms with Gasteiger partial charge in [0.25, 0.3) is 0 Å². The molecule has 2 rings (SSSR count). The fourth-order valence-electron chi connectivity index (χ4n) is 2.13. The molecule has 4 heteroatoms. The molecule has 1 aliphatic heterocycles. The molecule has 1 saturated heterocycles. The molecular formula is C11H17BrN2S. The molecule has 1 aliphatic rings. The Morgan fingerprint density at radius 1 is 1.73 bits per heavy atom. The van der Waals surface area contributed by atoms with E-state index in [0.29, 0.717) is 12.0 Å². The number of hydrogen-bond acceptors (Lipinski definition) is 3. The Labute approximate surface area is 104 Å². The Balaban J connectivity index is 2.00. The molecule has 2 N–H and O–H groups in total. The third-order valence-corrected chi connectivity index (χ3v) is 5.06. The van der Waals surface area contributed by atoms with Gasteiger partial charge in [0.1, 0.15) is 0 Å². The van der Waals surface area contributed by atoms with Gasteiger partial charge < -0.3 is 5.73 Å². The van der Waals surface area contributed by atoms with Gasteiger partial charge >= 0.3 is 0 Å². The van der Waals surface area contributed by atoms with Crippen LogP contribution in [0.15, 0.2) is 15.9 Å². The summed E-state index contributed by atoms with van der Waals surface area (Å²) in [6, 6.07) is 2.77. The lowest BCUT2D eigenvalue weighted by Crippen LogP contribution is -2.25. The van der Waals surface area contributed by atoms with Crippen LogP contribution in [0.5, 0.6) is 0 Å². The minimum Gasteiger partial charge on any atom is -0.330 e. The van der Waals surface area contributed by atoms with E-state index in [1.807, 2.05) is 11.3 Å². The van der Waals surface area contributed by atoms with Gasteiger partial charge in [-0.1, -0.05) is 0 Å². The highest BCUT2D eigenvalue weighted by Gasteiger charge is 2.26. The molecule has 2 nitrogen and oxygen atoms in total.